The van der Waals surface area contributed by atoms with Gasteiger partial charge in [-0.1, -0.05) is 30.3 Å². The molecule has 3 rings (SSSR count). The molecule has 0 saturated heterocycles. The van der Waals surface area contributed by atoms with E-state index < -0.39 is 24.5 Å². The summed E-state index contributed by atoms with van der Waals surface area (Å²) < 4.78 is 34.7. The van der Waals surface area contributed by atoms with Crippen molar-refractivity contribution in [3.05, 3.63) is 54.6 Å². The highest BCUT2D eigenvalue weighted by atomic mass is 19.3. The Hall–Kier alpha value is -3.49. The van der Waals surface area contributed by atoms with Gasteiger partial charge in [0.1, 0.15) is 17.5 Å². The number of ether oxygens (including phenoxy) is 2. The third-order valence-electron chi connectivity index (χ3n) is 4.11. The summed E-state index contributed by atoms with van der Waals surface area (Å²) in [6.45, 7) is -1.18. The number of hydrazone groups is 1. The SMILES string of the molecule is CCOC(=O)C1=NN(c2ccccc2)C(C(=O)Nc2ccccc2OC(F)F)C1. The fourth-order valence-electron chi connectivity index (χ4n) is 2.86. The number of amides is 1. The van der Waals surface area contributed by atoms with Crippen molar-refractivity contribution in [3.8, 4) is 5.75 Å². The van der Waals surface area contributed by atoms with Crippen molar-refractivity contribution in [2.24, 2.45) is 5.10 Å². The molecule has 2 aromatic carbocycles. The predicted octanol–water partition coefficient (Wildman–Crippen LogP) is 3.42. The number of benzene rings is 2. The summed E-state index contributed by atoms with van der Waals surface area (Å²) in [6, 6.07) is 13.8. The van der Waals surface area contributed by atoms with E-state index >= 15 is 0 Å². The van der Waals surface area contributed by atoms with Crippen molar-refractivity contribution >= 4 is 29.0 Å². The Morgan fingerprint density at radius 1 is 1.17 bits per heavy atom. The van der Waals surface area contributed by atoms with Gasteiger partial charge in [-0.3, -0.25) is 9.80 Å². The van der Waals surface area contributed by atoms with Crippen LogP contribution in [0.4, 0.5) is 20.2 Å². The molecule has 0 spiro atoms. The van der Waals surface area contributed by atoms with Gasteiger partial charge in [0.15, 0.2) is 0 Å². The first-order valence-corrected chi connectivity index (χ1v) is 8.93. The number of hydrogen-bond donors (Lipinski definition) is 1. The second-order valence-corrected chi connectivity index (χ2v) is 6.03. The van der Waals surface area contributed by atoms with Crippen LogP contribution < -0.4 is 15.1 Å². The van der Waals surface area contributed by atoms with Crippen LogP contribution in [0.1, 0.15) is 13.3 Å². The van der Waals surface area contributed by atoms with Crippen LogP contribution in [-0.2, 0) is 14.3 Å². The lowest BCUT2D eigenvalue weighted by Gasteiger charge is -2.23. The molecular formula is C20H19F2N3O4. The van der Waals surface area contributed by atoms with Gasteiger partial charge in [-0.05, 0) is 31.2 Å². The third kappa shape index (κ3) is 4.87. The zero-order valence-corrected chi connectivity index (χ0v) is 15.5. The minimum atomic E-state index is -3.03. The monoisotopic (exact) mass is 403 g/mol. The van der Waals surface area contributed by atoms with Gasteiger partial charge in [-0.25, -0.2) is 4.79 Å². The molecule has 1 amide bonds. The number of carbonyl (C=O) groups excluding carboxylic acids is 2. The molecule has 1 N–H and O–H groups in total. The highest BCUT2D eigenvalue weighted by Gasteiger charge is 2.37. The number of rotatable bonds is 7. The van der Waals surface area contributed by atoms with Gasteiger partial charge in [0.2, 0.25) is 5.91 Å². The predicted molar refractivity (Wildman–Crippen MR) is 103 cm³/mol. The molecule has 29 heavy (non-hydrogen) atoms. The minimum absolute atomic E-state index is 0.0113. The molecule has 0 fully saturated rings. The molecular weight excluding hydrogens is 384 g/mol. The fraction of sp³-hybridized carbons (Fsp3) is 0.250. The van der Waals surface area contributed by atoms with Crippen molar-refractivity contribution in [2.75, 3.05) is 16.9 Å². The standard InChI is InChI=1S/C20H19F2N3O4/c1-2-28-19(27)15-12-16(25(24-15)13-8-4-3-5-9-13)18(26)23-14-10-6-7-11-17(14)29-20(21)22/h3-11,16,20H,2,12H2,1H3,(H,23,26). The van der Waals surface area contributed by atoms with Crippen LogP contribution in [0.5, 0.6) is 5.75 Å². The molecule has 7 nitrogen and oxygen atoms in total. The number of nitrogens with zero attached hydrogens (tertiary/aromatic N) is 2. The van der Waals surface area contributed by atoms with Gasteiger partial charge in [-0.15, -0.1) is 0 Å². The number of esters is 1. The lowest BCUT2D eigenvalue weighted by Crippen LogP contribution is -2.39. The lowest BCUT2D eigenvalue weighted by atomic mass is 10.1. The molecule has 1 heterocycles. The van der Waals surface area contributed by atoms with Crippen molar-refractivity contribution in [3.63, 3.8) is 0 Å². The van der Waals surface area contributed by atoms with E-state index in [2.05, 4.69) is 15.2 Å². The molecule has 1 aliphatic rings. The normalized spacial score (nSPS) is 15.8. The van der Waals surface area contributed by atoms with Crippen LogP contribution >= 0.6 is 0 Å². The molecule has 9 heteroatoms. The summed E-state index contributed by atoms with van der Waals surface area (Å²) in [5.74, 6) is -1.29. The molecule has 0 aliphatic carbocycles. The summed E-state index contributed by atoms with van der Waals surface area (Å²) in [7, 11) is 0. The molecule has 2 aromatic rings. The summed E-state index contributed by atoms with van der Waals surface area (Å²) >= 11 is 0. The van der Waals surface area contributed by atoms with E-state index in [1.54, 1.807) is 37.3 Å². The van der Waals surface area contributed by atoms with E-state index in [0.29, 0.717) is 5.69 Å². The first-order chi connectivity index (χ1) is 14.0. The molecule has 1 unspecified atom stereocenters. The summed E-state index contributed by atoms with van der Waals surface area (Å²) in [6.07, 6.45) is 0.0113. The van der Waals surface area contributed by atoms with E-state index in [9.17, 15) is 18.4 Å². The van der Waals surface area contributed by atoms with Gasteiger partial charge in [0.25, 0.3) is 0 Å². The minimum Gasteiger partial charge on any atom is -0.461 e. The maximum Gasteiger partial charge on any atom is 0.387 e. The van der Waals surface area contributed by atoms with E-state index in [4.69, 9.17) is 4.74 Å². The highest BCUT2D eigenvalue weighted by molar-refractivity contribution is 6.38. The van der Waals surface area contributed by atoms with Crippen molar-refractivity contribution in [1.29, 1.82) is 0 Å². The molecule has 0 bridgehead atoms. The third-order valence-corrected chi connectivity index (χ3v) is 4.11. The number of halogens is 2. The number of carbonyl (C=O) groups is 2. The maximum atomic E-state index is 12.9. The first kappa shape index (κ1) is 20.2. The summed E-state index contributed by atoms with van der Waals surface area (Å²) in [5.41, 5.74) is 0.799. The van der Waals surface area contributed by atoms with Crippen molar-refractivity contribution < 1.29 is 27.8 Å². The van der Waals surface area contributed by atoms with Gasteiger partial charge in [-0.2, -0.15) is 13.9 Å². The Labute approximate surface area is 165 Å². The lowest BCUT2D eigenvalue weighted by molar-refractivity contribution is -0.135. The first-order valence-electron chi connectivity index (χ1n) is 8.93. The Balaban J connectivity index is 1.84. The molecule has 1 aliphatic heterocycles. The van der Waals surface area contributed by atoms with Crippen molar-refractivity contribution in [2.45, 2.75) is 26.0 Å². The van der Waals surface area contributed by atoms with Gasteiger partial charge in [0.05, 0.1) is 18.0 Å². The second kappa shape index (κ2) is 9.13. The van der Waals surface area contributed by atoms with Crippen LogP contribution in [0.3, 0.4) is 0 Å². The largest absolute Gasteiger partial charge is 0.461 e. The van der Waals surface area contributed by atoms with Crippen LogP contribution in [0.25, 0.3) is 0 Å². The van der Waals surface area contributed by atoms with Crippen LogP contribution in [-0.4, -0.2) is 36.8 Å². The smallest absolute Gasteiger partial charge is 0.387 e. The molecule has 0 saturated carbocycles. The number of anilines is 2. The number of hydrogen-bond acceptors (Lipinski definition) is 6. The van der Waals surface area contributed by atoms with Crippen LogP contribution in [0.15, 0.2) is 59.7 Å². The van der Waals surface area contributed by atoms with E-state index in [0.717, 1.165) is 0 Å². The molecule has 0 radical (unpaired) electrons. The number of para-hydroxylation sites is 3. The Kier molecular flexibility index (Phi) is 6.38. The molecule has 1 atom stereocenters. The summed E-state index contributed by atoms with van der Waals surface area (Å²) in [4.78, 5) is 25.1. The van der Waals surface area contributed by atoms with E-state index in [1.807, 2.05) is 6.07 Å². The zero-order chi connectivity index (χ0) is 20.8. The Morgan fingerprint density at radius 2 is 1.86 bits per heavy atom. The molecule has 152 valence electrons. The van der Waals surface area contributed by atoms with E-state index in [1.165, 1.54) is 23.2 Å². The van der Waals surface area contributed by atoms with Gasteiger partial charge < -0.3 is 14.8 Å². The fourth-order valence-corrected chi connectivity index (χ4v) is 2.86. The average molecular weight is 403 g/mol. The second-order valence-electron chi connectivity index (χ2n) is 6.03. The van der Waals surface area contributed by atoms with Gasteiger partial charge in [0, 0.05) is 6.42 Å². The summed E-state index contributed by atoms with van der Waals surface area (Å²) in [5, 5.41) is 8.25. The quantitative estimate of drug-likeness (QED) is 0.717. The van der Waals surface area contributed by atoms with Gasteiger partial charge >= 0.3 is 12.6 Å². The average Bonchev–Trinajstić information content (AvgIpc) is 3.16. The Morgan fingerprint density at radius 3 is 2.55 bits per heavy atom. The van der Waals surface area contributed by atoms with E-state index in [-0.39, 0.29) is 30.2 Å². The van der Waals surface area contributed by atoms with Crippen molar-refractivity contribution in [1.82, 2.24) is 0 Å². The zero-order valence-electron chi connectivity index (χ0n) is 15.5. The topological polar surface area (TPSA) is 80.2 Å². The van der Waals surface area contributed by atoms with Crippen LogP contribution in [0.2, 0.25) is 0 Å². The highest BCUT2D eigenvalue weighted by Crippen LogP contribution is 2.29. The maximum absolute atomic E-state index is 12.9. The number of nitrogens with one attached hydrogen (secondary N) is 1. The Bertz CT molecular complexity index is 906. The molecule has 0 aromatic heterocycles. The van der Waals surface area contributed by atoms with Crippen LogP contribution in [0, 0.1) is 0 Å². The number of alkyl halides is 2.